The normalized spacial score (nSPS) is 10.4. The number of hydrogen-bond acceptors (Lipinski definition) is 1. The summed E-state index contributed by atoms with van der Waals surface area (Å²) < 4.78 is 14.6. The molecule has 0 aliphatic carbocycles. The second kappa shape index (κ2) is 5.93. The van der Waals surface area contributed by atoms with Gasteiger partial charge in [0.2, 0.25) is 0 Å². The van der Waals surface area contributed by atoms with Gasteiger partial charge in [0.25, 0.3) is 0 Å². The summed E-state index contributed by atoms with van der Waals surface area (Å²) in [7, 11) is 0. The highest BCUT2D eigenvalue weighted by Gasteiger charge is 2.11. The molecule has 0 bridgehead atoms. The summed E-state index contributed by atoms with van der Waals surface area (Å²) in [6.45, 7) is 0. The van der Waals surface area contributed by atoms with Crippen molar-refractivity contribution in [3.05, 3.63) is 67.5 Å². The zero-order chi connectivity index (χ0) is 13.1. The van der Waals surface area contributed by atoms with Gasteiger partial charge in [0, 0.05) is 20.0 Å². The molecule has 0 heterocycles. The van der Waals surface area contributed by atoms with Gasteiger partial charge in [0.1, 0.15) is 5.82 Å². The van der Waals surface area contributed by atoms with Crippen LogP contribution in [0.1, 0.15) is 15.9 Å². The summed E-state index contributed by atoms with van der Waals surface area (Å²) in [5.74, 6) is -0.270. The highest BCUT2D eigenvalue weighted by atomic mass is 127. The van der Waals surface area contributed by atoms with Crippen LogP contribution in [0.15, 0.2) is 46.9 Å². The number of carbonyl (C=O) groups is 1. The lowest BCUT2D eigenvalue weighted by Gasteiger charge is -2.05. The van der Waals surface area contributed by atoms with Crippen LogP contribution in [0.25, 0.3) is 0 Å². The van der Waals surface area contributed by atoms with Gasteiger partial charge in [-0.1, -0.05) is 28.1 Å². The first kappa shape index (κ1) is 13.7. The van der Waals surface area contributed by atoms with E-state index in [-0.39, 0.29) is 18.0 Å². The Morgan fingerprint density at radius 2 is 1.83 bits per heavy atom. The molecule has 0 aliphatic rings. The maximum Gasteiger partial charge on any atom is 0.168 e. The molecule has 0 radical (unpaired) electrons. The van der Waals surface area contributed by atoms with Crippen molar-refractivity contribution >= 4 is 44.3 Å². The van der Waals surface area contributed by atoms with Crippen molar-refractivity contribution in [2.24, 2.45) is 0 Å². The van der Waals surface area contributed by atoms with Gasteiger partial charge < -0.3 is 0 Å². The molecule has 0 aromatic heterocycles. The van der Waals surface area contributed by atoms with E-state index in [0.717, 1.165) is 13.6 Å². The molecular weight excluding hydrogens is 410 g/mol. The number of benzene rings is 2. The number of halogens is 3. The van der Waals surface area contributed by atoms with Crippen LogP contribution >= 0.6 is 38.5 Å². The molecule has 0 saturated carbocycles. The average Bonchev–Trinajstić information content (AvgIpc) is 2.35. The molecule has 0 spiro atoms. The molecule has 0 amide bonds. The molecular formula is C14H9BrFIO. The summed E-state index contributed by atoms with van der Waals surface area (Å²) in [6, 6.07) is 11.6. The van der Waals surface area contributed by atoms with Crippen LogP contribution < -0.4 is 0 Å². The smallest absolute Gasteiger partial charge is 0.168 e. The van der Waals surface area contributed by atoms with Crippen LogP contribution in [-0.2, 0) is 6.42 Å². The van der Waals surface area contributed by atoms with E-state index in [1.165, 1.54) is 12.1 Å². The summed E-state index contributed by atoms with van der Waals surface area (Å²) in [5.41, 5.74) is 1.47. The summed E-state index contributed by atoms with van der Waals surface area (Å²) in [4.78, 5) is 12.1. The van der Waals surface area contributed by atoms with E-state index < -0.39 is 0 Å². The fraction of sp³-hybridized carbons (Fsp3) is 0.0714. The van der Waals surface area contributed by atoms with E-state index >= 15 is 0 Å². The Kier molecular flexibility index (Phi) is 4.50. The van der Waals surface area contributed by atoms with E-state index in [0.29, 0.717) is 5.56 Å². The van der Waals surface area contributed by atoms with Gasteiger partial charge in [-0.05, 0) is 58.5 Å². The standard InChI is InChI=1S/C14H9BrFIO/c15-13-6-5-11(17)8-12(13)14(18)7-9-1-3-10(16)4-2-9/h1-6,8H,7H2. The van der Waals surface area contributed by atoms with Crippen molar-refractivity contribution in [1.29, 1.82) is 0 Å². The lowest BCUT2D eigenvalue weighted by Crippen LogP contribution is -2.05. The van der Waals surface area contributed by atoms with Crippen molar-refractivity contribution in [3.8, 4) is 0 Å². The second-order valence-electron chi connectivity index (χ2n) is 3.85. The van der Waals surface area contributed by atoms with Crippen LogP contribution in [0.2, 0.25) is 0 Å². The summed E-state index contributed by atoms with van der Waals surface area (Å²) >= 11 is 5.54. The summed E-state index contributed by atoms with van der Waals surface area (Å²) in [5, 5.41) is 0. The van der Waals surface area contributed by atoms with Gasteiger partial charge in [0.15, 0.2) is 5.78 Å². The summed E-state index contributed by atoms with van der Waals surface area (Å²) in [6.07, 6.45) is 0.277. The maximum absolute atomic E-state index is 12.8. The quantitative estimate of drug-likeness (QED) is 0.525. The molecule has 2 aromatic carbocycles. The molecule has 18 heavy (non-hydrogen) atoms. The monoisotopic (exact) mass is 418 g/mol. The van der Waals surface area contributed by atoms with Crippen LogP contribution in [0, 0.1) is 9.39 Å². The van der Waals surface area contributed by atoms with Gasteiger partial charge in [-0.2, -0.15) is 0 Å². The Morgan fingerprint density at radius 3 is 2.50 bits per heavy atom. The molecule has 0 unspecified atom stereocenters. The molecule has 0 fully saturated rings. The third kappa shape index (κ3) is 3.38. The van der Waals surface area contributed by atoms with Crippen molar-refractivity contribution in [3.63, 3.8) is 0 Å². The number of ketones is 1. The van der Waals surface area contributed by atoms with Crippen molar-refractivity contribution < 1.29 is 9.18 Å². The van der Waals surface area contributed by atoms with Crippen molar-refractivity contribution in [2.45, 2.75) is 6.42 Å². The topological polar surface area (TPSA) is 17.1 Å². The molecule has 0 atom stereocenters. The Labute approximate surface area is 127 Å². The molecule has 0 N–H and O–H groups in total. The Bertz CT molecular complexity index is 581. The highest BCUT2D eigenvalue weighted by Crippen LogP contribution is 2.21. The van der Waals surface area contributed by atoms with Gasteiger partial charge in [-0.25, -0.2) is 4.39 Å². The Balaban J connectivity index is 2.21. The molecule has 2 rings (SSSR count). The Morgan fingerprint density at radius 1 is 1.17 bits per heavy atom. The fourth-order valence-corrected chi connectivity index (χ4v) is 2.55. The lowest BCUT2D eigenvalue weighted by molar-refractivity contribution is 0.0992. The maximum atomic E-state index is 12.8. The largest absolute Gasteiger partial charge is 0.294 e. The fourth-order valence-electron chi connectivity index (χ4n) is 1.59. The third-order valence-corrected chi connectivity index (χ3v) is 3.87. The van der Waals surface area contributed by atoms with Gasteiger partial charge >= 0.3 is 0 Å². The van der Waals surface area contributed by atoms with Gasteiger partial charge in [0.05, 0.1) is 0 Å². The SMILES string of the molecule is O=C(Cc1ccc(F)cc1)c1cc(I)ccc1Br. The van der Waals surface area contributed by atoms with Crippen LogP contribution in [-0.4, -0.2) is 5.78 Å². The average molecular weight is 419 g/mol. The minimum atomic E-state index is -0.290. The lowest BCUT2D eigenvalue weighted by atomic mass is 10.0. The third-order valence-electron chi connectivity index (χ3n) is 2.51. The van der Waals surface area contributed by atoms with Crippen LogP contribution in [0.5, 0.6) is 0 Å². The molecule has 1 nitrogen and oxygen atoms in total. The number of Topliss-reactive ketones (excluding diaryl/α,β-unsaturated/α-hetero) is 1. The van der Waals surface area contributed by atoms with Crippen LogP contribution in [0.3, 0.4) is 0 Å². The zero-order valence-corrected chi connectivity index (χ0v) is 13.0. The van der Waals surface area contributed by atoms with E-state index in [2.05, 4.69) is 38.5 Å². The van der Waals surface area contributed by atoms with E-state index in [1.807, 2.05) is 18.2 Å². The molecule has 4 heteroatoms. The van der Waals surface area contributed by atoms with Crippen molar-refractivity contribution in [2.75, 3.05) is 0 Å². The van der Waals surface area contributed by atoms with E-state index in [1.54, 1.807) is 12.1 Å². The molecule has 0 saturated heterocycles. The Hall–Kier alpha value is -0.750. The number of rotatable bonds is 3. The van der Waals surface area contributed by atoms with Gasteiger partial charge in [-0.15, -0.1) is 0 Å². The van der Waals surface area contributed by atoms with Crippen molar-refractivity contribution in [1.82, 2.24) is 0 Å². The first-order valence-electron chi connectivity index (χ1n) is 5.29. The first-order valence-corrected chi connectivity index (χ1v) is 7.16. The van der Waals surface area contributed by atoms with Gasteiger partial charge in [-0.3, -0.25) is 4.79 Å². The van der Waals surface area contributed by atoms with E-state index in [4.69, 9.17) is 0 Å². The predicted octanol–water partition coefficient (Wildman–Crippen LogP) is 4.62. The molecule has 2 aromatic rings. The minimum absolute atomic E-state index is 0.0204. The number of hydrogen-bond donors (Lipinski definition) is 0. The second-order valence-corrected chi connectivity index (χ2v) is 5.95. The first-order chi connectivity index (χ1) is 8.56. The zero-order valence-electron chi connectivity index (χ0n) is 9.29. The minimum Gasteiger partial charge on any atom is -0.294 e. The molecule has 0 aliphatic heterocycles. The molecule has 92 valence electrons. The predicted molar refractivity (Wildman–Crippen MR) is 81.3 cm³/mol. The number of carbonyl (C=O) groups excluding carboxylic acids is 1. The van der Waals surface area contributed by atoms with E-state index in [9.17, 15) is 9.18 Å². The highest BCUT2D eigenvalue weighted by molar-refractivity contribution is 14.1. The van der Waals surface area contributed by atoms with Crippen LogP contribution in [0.4, 0.5) is 4.39 Å².